The van der Waals surface area contributed by atoms with Gasteiger partial charge in [-0.1, -0.05) is 42.3 Å². The van der Waals surface area contributed by atoms with Crippen molar-refractivity contribution in [2.24, 2.45) is 0 Å². The molecule has 0 saturated carbocycles. The average Bonchev–Trinajstić information content (AvgIpc) is 2.38. The Morgan fingerprint density at radius 3 is 2.53 bits per heavy atom. The van der Waals surface area contributed by atoms with Crippen LogP contribution in [0, 0.1) is 13.8 Å². The van der Waals surface area contributed by atoms with Crippen molar-refractivity contribution in [1.82, 2.24) is 9.97 Å². The van der Waals surface area contributed by atoms with Crippen molar-refractivity contribution in [2.75, 3.05) is 5.32 Å². The summed E-state index contributed by atoms with van der Waals surface area (Å²) in [4.78, 5) is 8.68. The second kappa shape index (κ2) is 5.76. The van der Waals surface area contributed by atoms with Crippen LogP contribution in [0.5, 0.6) is 0 Å². The van der Waals surface area contributed by atoms with Crippen LogP contribution >= 0.6 is 23.2 Å². The topological polar surface area (TPSA) is 37.8 Å². The molecule has 0 aliphatic rings. The molecule has 100 valence electrons. The minimum Gasteiger partial charge on any atom is -0.338 e. The number of benzene rings is 1. The van der Waals surface area contributed by atoms with Crippen molar-refractivity contribution < 1.29 is 0 Å². The number of nitrogens with one attached hydrogen (secondary N) is 1. The number of para-hydroxylation sites is 1. The van der Waals surface area contributed by atoms with Gasteiger partial charge >= 0.3 is 0 Å². The van der Waals surface area contributed by atoms with Gasteiger partial charge < -0.3 is 5.32 Å². The predicted molar refractivity (Wildman–Crippen MR) is 80.6 cm³/mol. The molecule has 0 spiro atoms. The average molecular weight is 296 g/mol. The van der Waals surface area contributed by atoms with E-state index in [0.717, 1.165) is 23.2 Å². The first-order chi connectivity index (χ1) is 9.02. The summed E-state index contributed by atoms with van der Waals surface area (Å²) in [5.74, 6) is 1.41. The Kier molecular flexibility index (Phi) is 4.27. The molecule has 19 heavy (non-hydrogen) atoms. The number of anilines is 2. The first-order valence-electron chi connectivity index (χ1n) is 6.08. The fraction of sp³-hybridized carbons (Fsp3) is 0.286. The lowest BCUT2D eigenvalue weighted by molar-refractivity contribution is 0.934. The zero-order valence-electron chi connectivity index (χ0n) is 11.1. The molecule has 0 aliphatic carbocycles. The fourth-order valence-corrected chi connectivity index (χ4v) is 2.18. The maximum Gasteiger partial charge on any atom is 0.138 e. The van der Waals surface area contributed by atoms with Gasteiger partial charge in [0.05, 0.1) is 10.7 Å². The Bertz CT molecular complexity index is 592. The second-order valence-corrected chi connectivity index (χ2v) is 5.08. The van der Waals surface area contributed by atoms with E-state index in [4.69, 9.17) is 23.2 Å². The number of hydrogen-bond donors (Lipinski definition) is 1. The lowest BCUT2D eigenvalue weighted by Crippen LogP contribution is -2.04. The number of halogens is 2. The quantitative estimate of drug-likeness (QED) is 0.834. The monoisotopic (exact) mass is 295 g/mol. The molecule has 0 atom stereocenters. The number of hydrogen-bond acceptors (Lipinski definition) is 3. The summed E-state index contributed by atoms with van der Waals surface area (Å²) in [6, 6.07) is 5.75. The van der Waals surface area contributed by atoms with Gasteiger partial charge in [-0.3, -0.25) is 0 Å². The molecule has 0 saturated heterocycles. The number of aromatic nitrogens is 2. The van der Waals surface area contributed by atoms with Crippen LogP contribution in [0.4, 0.5) is 11.5 Å². The normalized spacial score (nSPS) is 10.6. The minimum atomic E-state index is 0.471. The fourth-order valence-electron chi connectivity index (χ4n) is 1.72. The molecule has 3 nitrogen and oxygen atoms in total. The molecule has 2 aromatic rings. The van der Waals surface area contributed by atoms with E-state index < -0.39 is 0 Å². The Balaban J connectivity index is 2.46. The van der Waals surface area contributed by atoms with Crippen LogP contribution in [0.25, 0.3) is 0 Å². The molecule has 0 fully saturated rings. The summed E-state index contributed by atoms with van der Waals surface area (Å²) < 4.78 is 0. The molecule has 0 radical (unpaired) electrons. The van der Waals surface area contributed by atoms with Crippen LogP contribution in [-0.4, -0.2) is 9.97 Å². The third-order valence-electron chi connectivity index (χ3n) is 2.91. The summed E-state index contributed by atoms with van der Waals surface area (Å²) in [5, 5.41) is 4.39. The number of nitrogens with zero attached hydrogens (tertiary/aromatic N) is 2. The van der Waals surface area contributed by atoms with Gasteiger partial charge in [0.15, 0.2) is 0 Å². The molecule has 0 amide bonds. The van der Waals surface area contributed by atoms with Crippen molar-refractivity contribution in [3.05, 3.63) is 45.3 Å². The van der Waals surface area contributed by atoms with Crippen LogP contribution in [0.15, 0.2) is 18.2 Å². The molecule has 1 N–H and O–H groups in total. The SMILES string of the molecule is CCc1nc(Cl)c(C)c(Nc2c(C)cccc2Cl)n1. The van der Waals surface area contributed by atoms with Crippen LogP contribution in [-0.2, 0) is 6.42 Å². The van der Waals surface area contributed by atoms with Crippen molar-refractivity contribution in [3.8, 4) is 0 Å². The van der Waals surface area contributed by atoms with E-state index in [2.05, 4.69) is 15.3 Å². The van der Waals surface area contributed by atoms with Crippen LogP contribution < -0.4 is 5.32 Å². The maximum absolute atomic E-state index is 6.21. The van der Waals surface area contributed by atoms with Gasteiger partial charge in [-0.05, 0) is 25.5 Å². The summed E-state index contributed by atoms with van der Waals surface area (Å²) in [6.45, 7) is 5.87. The molecular weight excluding hydrogens is 281 g/mol. The molecular formula is C14H15Cl2N3. The van der Waals surface area contributed by atoms with E-state index in [-0.39, 0.29) is 0 Å². The summed E-state index contributed by atoms with van der Waals surface area (Å²) in [6.07, 6.45) is 0.732. The van der Waals surface area contributed by atoms with Crippen LogP contribution in [0.1, 0.15) is 23.9 Å². The van der Waals surface area contributed by atoms with E-state index in [1.165, 1.54) is 0 Å². The van der Waals surface area contributed by atoms with Gasteiger partial charge in [0.25, 0.3) is 0 Å². The molecule has 0 aliphatic heterocycles. The van der Waals surface area contributed by atoms with Crippen molar-refractivity contribution in [3.63, 3.8) is 0 Å². The predicted octanol–water partition coefficient (Wildman–Crippen LogP) is 4.71. The zero-order valence-corrected chi connectivity index (χ0v) is 12.6. The largest absolute Gasteiger partial charge is 0.338 e. The van der Waals surface area contributed by atoms with Gasteiger partial charge in [-0.25, -0.2) is 9.97 Å². The van der Waals surface area contributed by atoms with E-state index in [9.17, 15) is 0 Å². The van der Waals surface area contributed by atoms with Gasteiger partial charge in [0.2, 0.25) is 0 Å². The second-order valence-electron chi connectivity index (χ2n) is 4.31. The third kappa shape index (κ3) is 2.99. The van der Waals surface area contributed by atoms with E-state index in [0.29, 0.717) is 21.8 Å². The highest BCUT2D eigenvalue weighted by molar-refractivity contribution is 6.33. The molecule has 5 heteroatoms. The molecule has 0 unspecified atom stereocenters. The first-order valence-corrected chi connectivity index (χ1v) is 6.83. The summed E-state index contributed by atoms with van der Waals surface area (Å²) in [5.41, 5.74) is 2.72. The zero-order chi connectivity index (χ0) is 14.0. The van der Waals surface area contributed by atoms with Crippen molar-refractivity contribution in [2.45, 2.75) is 27.2 Å². The summed E-state index contributed by atoms with van der Waals surface area (Å²) >= 11 is 12.3. The highest BCUT2D eigenvalue weighted by atomic mass is 35.5. The molecule has 1 heterocycles. The Morgan fingerprint density at radius 2 is 1.89 bits per heavy atom. The van der Waals surface area contributed by atoms with E-state index >= 15 is 0 Å². The Morgan fingerprint density at radius 1 is 1.16 bits per heavy atom. The van der Waals surface area contributed by atoms with E-state index in [1.807, 2.05) is 39.0 Å². The molecule has 1 aromatic carbocycles. The Hall–Kier alpha value is -1.32. The number of rotatable bonds is 3. The lowest BCUT2D eigenvalue weighted by atomic mass is 10.2. The van der Waals surface area contributed by atoms with Crippen molar-refractivity contribution in [1.29, 1.82) is 0 Å². The smallest absolute Gasteiger partial charge is 0.138 e. The van der Waals surface area contributed by atoms with Gasteiger partial charge in [-0.15, -0.1) is 0 Å². The lowest BCUT2D eigenvalue weighted by Gasteiger charge is -2.14. The van der Waals surface area contributed by atoms with Gasteiger partial charge in [-0.2, -0.15) is 0 Å². The summed E-state index contributed by atoms with van der Waals surface area (Å²) in [7, 11) is 0. The number of aryl methyl sites for hydroxylation is 2. The highest BCUT2D eigenvalue weighted by Gasteiger charge is 2.11. The van der Waals surface area contributed by atoms with Gasteiger partial charge in [0.1, 0.15) is 16.8 Å². The van der Waals surface area contributed by atoms with Crippen LogP contribution in [0.2, 0.25) is 10.2 Å². The molecule has 1 aromatic heterocycles. The van der Waals surface area contributed by atoms with Crippen molar-refractivity contribution >= 4 is 34.7 Å². The third-order valence-corrected chi connectivity index (χ3v) is 3.60. The highest BCUT2D eigenvalue weighted by Crippen LogP contribution is 2.30. The Labute approximate surface area is 123 Å². The van der Waals surface area contributed by atoms with E-state index in [1.54, 1.807) is 0 Å². The maximum atomic E-state index is 6.21. The van der Waals surface area contributed by atoms with Crippen LogP contribution in [0.3, 0.4) is 0 Å². The standard InChI is InChI=1S/C14H15Cl2N3/c1-4-11-17-13(16)9(3)14(18-11)19-12-8(2)6-5-7-10(12)15/h5-7H,4H2,1-3H3,(H,17,18,19). The molecule has 2 rings (SSSR count). The van der Waals surface area contributed by atoms with Gasteiger partial charge in [0, 0.05) is 12.0 Å². The first kappa shape index (κ1) is 14.1. The molecule has 0 bridgehead atoms. The minimum absolute atomic E-state index is 0.471.